The third-order valence-corrected chi connectivity index (χ3v) is 5.90. The Labute approximate surface area is 191 Å². The molecule has 1 unspecified atom stereocenters. The fraction of sp³-hybridized carbons (Fsp3) is 0.381. The van der Waals surface area contributed by atoms with Gasteiger partial charge in [0, 0.05) is 20.1 Å². The Kier molecular flexibility index (Phi) is 10.6. The summed E-state index contributed by atoms with van der Waals surface area (Å²) in [5, 5.41) is 6.63. The van der Waals surface area contributed by atoms with E-state index in [-0.39, 0.29) is 29.7 Å². The lowest BCUT2D eigenvalue weighted by Crippen LogP contribution is -2.38. The van der Waals surface area contributed by atoms with Gasteiger partial charge in [0.25, 0.3) is 0 Å². The minimum absolute atomic E-state index is 0. The zero-order chi connectivity index (χ0) is 20.6. The van der Waals surface area contributed by atoms with Crippen LogP contribution in [-0.4, -0.2) is 35.0 Å². The van der Waals surface area contributed by atoms with Crippen LogP contribution < -0.4 is 15.4 Å². The van der Waals surface area contributed by atoms with Gasteiger partial charge >= 0.3 is 0 Å². The van der Waals surface area contributed by atoms with Crippen LogP contribution >= 0.6 is 24.0 Å². The molecule has 2 rings (SSSR count). The van der Waals surface area contributed by atoms with E-state index in [4.69, 9.17) is 0 Å². The largest absolute Gasteiger partial charge is 0.356 e. The standard InChI is InChI=1S/C21H30N4O2S.HI/c1-16-8-10-20(11-9-16)17(2)13-24-21(22-3)25-14-18-6-5-7-19(12-18)15-28(26,27)23-4;/h5-12,17,23H,13-15H2,1-4H3,(H2,22,24,25);1H. The average molecular weight is 530 g/mol. The summed E-state index contributed by atoms with van der Waals surface area (Å²) < 4.78 is 25.8. The van der Waals surface area contributed by atoms with Crippen LogP contribution in [0.2, 0.25) is 0 Å². The molecule has 0 spiro atoms. The van der Waals surface area contributed by atoms with Gasteiger partial charge in [-0.25, -0.2) is 13.1 Å². The van der Waals surface area contributed by atoms with Gasteiger partial charge in [-0.1, -0.05) is 61.0 Å². The van der Waals surface area contributed by atoms with Crippen LogP contribution in [0.4, 0.5) is 0 Å². The van der Waals surface area contributed by atoms with Gasteiger partial charge in [-0.2, -0.15) is 0 Å². The van der Waals surface area contributed by atoms with E-state index in [1.54, 1.807) is 7.05 Å². The number of aliphatic imine (C=N–C) groups is 1. The SMILES string of the molecule is CN=C(NCc1cccc(CS(=O)(=O)NC)c1)NCC(C)c1ccc(C)cc1.I. The normalized spacial score (nSPS) is 12.8. The van der Waals surface area contributed by atoms with E-state index in [0.717, 1.165) is 17.7 Å². The molecule has 0 saturated carbocycles. The predicted molar refractivity (Wildman–Crippen MR) is 131 cm³/mol. The molecule has 0 fully saturated rings. The third kappa shape index (κ3) is 8.71. The summed E-state index contributed by atoms with van der Waals surface area (Å²) in [6.07, 6.45) is 0. The number of nitrogens with one attached hydrogen (secondary N) is 3. The number of hydrogen-bond acceptors (Lipinski definition) is 3. The van der Waals surface area contributed by atoms with E-state index < -0.39 is 10.0 Å². The topological polar surface area (TPSA) is 82.6 Å². The molecule has 3 N–H and O–H groups in total. The van der Waals surface area contributed by atoms with Crippen LogP contribution in [0.3, 0.4) is 0 Å². The van der Waals surface area contributed by atoms with E-state index in [9.17, 15) is 8.42 Å². The molecule has 0 aliphatic heterocycles. The number of halogens is 1. The van der Waals surface area contributed by atoms with Crippen molar-refractivity contribution in [2.45, 2.75) is 32.1 Å². The quantitative estimate of drug-likeness (QED) is 0.278. The van der Waals surface area contributed by atoms with E-state index in [0.29, 0.717) is 18.4 Å². The molecule has 0 bridgehead atoms. The molecular weight excluding hydrogens is 499 g/mol. The number of aryl methyl sites for hydroxylation is 1. The maximum Gasteiger partial charge on any atom is 0.215 e. The number of benzene rings is 2. The van der Waals surface area contributed by atoms with Crippen molar-refractivity contribution in [2.24, 2.45) is 4.99 Å². The molecule has 0 heterocycles. The fourth-order valence-corrected chi connectivity index (χ4v) is 3.55. The van der Waals surface area contributed by atoms with Crippen molar-refractivity contribution < 1.29 is 8.42 Å². The molecule has 29 heavy (non-hydrogen) atoms. The van der Waals surface area contributed by atoms with Crippen LogP contribution in [0.25, 0.3) is 0 Å². The summed E-state index contributed by atoms with van der Waals surface area (Å²) in [6, 6.07) is 16.1. The van der Waals surface area contributed by atoms with Crippen LogP contribution in [0, 0.1) is 6.92 Å². The highest BCUT2D eigenvalue weighted by Crippen LogP contribution is 2.14. The predicted octanol–water partition coefficient (Wildman–Crippen LogP) is 3.13. The first-order chi connectivity index (χ1) is 13.3. The summed E-state index contributed by atoms with van der Waals surface area (Å²) in [4.78, 5) is 4.27. The molecule has 1 atom stereocenters. The summed E-state index contributed by atoms with van der Waals surface area (Å²) in [5.41, 5.74) is 4.29. The third-order valence-electron chi connectivity index (χ3n) is 4.56. The monoisotopic (exact) mass is 530 g/mol. The molecule has 0 saturated heterocycles. The molecule has 160 valence electrons. The van der Waals surface area contributed by atoms with Gasteiger partial charge in [0.05, 0.1) is 5.75 Å². The highest BCUT2D eigenvalue weighted by molar-refractivity contribution is 14.0. The van der Waals surface area contributed by atoms with E-state index in [2.05, 4.69) is 58.5 Å². The van der Waals surface area contributed by atoms with Gasteiger partial charge < -0.3 is 10.6 Å². The number of rotatable bonds is 8. The van der Waals surface area contributed by atoms with Crippen LogP contribution in [0.15, 0.2) is 53.5 Å². The van der Waals surface area contributed by atoms with Gasteiger partial charge in [-0.15, -0.1) is 24.0 Å². The Bertz CT molecular complexity index is 899. The molecule has 2 aromatic carbocycles. The molecule has 0 amide bonds. The lowest BCUT2D eigenvalue weighted by molar-refractivity contribution is 0.587. The first-order valence-electron chi connectivity index (χ1n) is 9.33. The van der Waals surface area contributed by atoms with Crippen molar-refractivity contribution >= 4 is 40.0 Å². The average Bonchev–Trinajstić information content (AvgIpc) is 2.68. The number of guanidine groups is 1. The van der Waals surface area contributed by atoms with Crippen molar-refractivity contribution in [1.29, 1.82) is 0 Å². The summed E-state index contributed by atoms with van der Waals surface area (Å²) in [6.45, 7) is 5.59. The number of sulfonamides is 1. The lowest BCUT2D eigenvalue weighted by atomic mass is 10.0. The first-order valence-corrected chi connectivity index (χ1v) is 11.0. The van der Waals surface area contributed by atoms with Gasteiger partial charge in [0.2, 0.25) is 10.0 Å². The van der Waals surface area contributed by atoms with Crippen molar-refractivity contribution in [3.8, 4) is 0 Å². The second-order valence-electron chi connectivity index (χ2n) is 6.90. The van der Waals surface area contributed by atoms with Crippen molar-refractivity contribution in [3.63, 3.8) is 0 Å². The molecule has 0 aliphatic rings. The van der Waals surface area contributed by atoms with Crippen LogP contribution in [0.1, 0.15) is 35.1 Å². The minimum Gasteiger partial charge on any atom is -0.356 e. The van der Waals surface area contributed by atoms with Gasteiger partial charge in [0.1, 0.15) is 0 Å². The Hall–Kier alpha value is -1.65. The highest BCUT2D eigenvalue weighted by atomic mass is 127. The lowest BCUT2D eigenvalue weighted by Gasteiger charge is -2.17. The Balaban J connectivity index is 0.00000420. The van der Waals surface area contributed by atoms with Gasteiger partial charge in [0.15, 0.2) is 5.96 Å². The summed E-state index contributed by atoms with van der Waals surface area (Å²) >= 11 is 0. The van der Waals surface area contributed by atoms with Crippen molar-refractivity contribution in [1.82, 2.24) is 15.4 Å². The maximum absolute atomic E-state index is 11.7. The summed E-state index contributed by atoms with van der Waals surface area (Å²) in [5.74, 6) is 1.04. The number of nitrogens with zero attached hydrogens (tertiary/aromatic N) is 1. The fourth-order valence-electron chi connectivity index (χ4n) is 2.79. The Morgan fingerprint density at radius 3 is 2.34 bits per heavy atom. The van der Waals surface area contributed by atoms with Crippen LogP contribution in [0.5, 0.6) is 0 Å². The highest BCUT2D eigenvalue weighted by Gasteiger charge is 2.09. The second kappa shape index (κ2) is 12.1. The first kappa shape index (κ1) is 25.4. The molecule has 8 heteroatoms. The van der Waals surface area contributed by atoms with E-state index in [1.165, 1.54) is 18.2 Å². The maximum atomic E-state index is 11.7. The zero-order valence-electron chi connectivity index (χ0n) is 17.4. The number of hydrogen-bond donors (Lipinski definition) is 3. The smallest absolute Gasteiger partial charge is 0.215 e. The van der Waals surface area contributed by atoms with Gasteiger partial charge in [-0.3, -0.25) is 4.99 Å². The zero-order valence-corrected chi connectivity index (χ0v) is 20.5. The molecule has 2 aromatic rings. The molecule has 6 nitrogen and oxygen atoms in total. The molecule has 0 aliphatic carbocycles. The van der Waals surface area contributed by atoms with E-state index in [1.807, 2.05) is 24.3 Å². The van der Waals surface area contributed by atoms with E-state index >= 15 is 0 Å². The molecular formula is C21H31IN4O2S. The van der Waals surface area contributed by atoms with Crippen molar-refractivity contribution in [3.05, 3.63) is 70.8 Å². The van der Waals surface area contributed by atoms with Gasteiger partial charge in [-0.05, 0) is 36.6 Å². The molecule has 0 aromatic heterocycles. The summed E-state index contributed by atoms with van der Waals surface area (Å²) in [7, 11) is -0.117. The van der Waals surface area contributed by atoms with Crippen LogP contribution in [-0.2, 0) is 22.3 Å². The Morgan fingerprint density at radius 2 is 1.72 bits per heavy atom. The molecule has 0 radical (unpaired) electrons. The van der Waals surface area contributed by atoms with Crippen molar-refractivity contribution in [2.75, 3.05) is 20.6 Å². The second-order valence-corrected chi connectivity index (χ2v) is 8.83. The Morgan fingerprint density at radius 1 is 1.07 bits per heavy atom. The minimum atomic E-state index is -3.28.